The van der Waals surface area contributed by atoms with Crippen LogP contribution in [0.15, 0.2) is 65.7 Å². The Morgan fingerprint density at radius 3 is 2.72 bits per heavy atom. The molecule has 0 aliphatic carbocycles. The second-order valence-electron chi connectivity index (χ2n) is 6.96. The molecule has 0 bridgehead atoms. The number of thiazole rings is 1. The number of ether oxygens (including phenoxy) is 1. The van der Waals surface area contributed by atoms with Crippen molar-refractivity contribution in [2.24, 2.45) is 0 Å². The number of nitrogens with zero attached hydrogens (tertiary/aromatic N) is 4. The third-order valence-electron chi connectivity index (χ3n) is 4.56. The van der Waals surface area contributed by atoms with Gasteiger partial charge in [0, 0.05) is 28.3 Å². The van der Waals surface area contributed by atoms with E-state index in [0.29, 0.717) is 33.9 Å². The van der Waals surface area contributed by atoms with Gasteiger partial charge in [-0.1, -0.05) is 70.9 Å². The van der Waals surface area contributed by atoms with Crippen LogP contribution in [0.5, 0.6) is 5.75 Å². The van der Waals surface area contributed by atoms with Crippen LogP contribution in [0.4, 0.5) is 0 Å². The molecule has 0 spiro atoms. The van der Waals surface area contributed by atoms with Crippen molar-refractivity contribution in [2.45, 2.75) is 31.0 Å². The van der Waals surface area contributed by atoms with Gasteiger partial charge in [0.05, 0.1) is 10.7 Å². The van der Waals surface area contributed by atoms with Gasteiger partial charge in [0.1, 0.15) is 17.4 Å². The molecular formula is C23H20Cl2N4OS2. The maximum Gasteiger partial charge on any atom is 0.191 e. The lowest BCUT2D eigenvalue weighted by Gasteiger charge is -2.10. The number of rotatable bonds is 9. The minimum Gasteiger partial charge on any atom is -0.484 e. The predicted octanol–water partition coefficient (Wildman–Crippen LogP) is 7.07. The van der Waals surface area contributed by atoms with Crippen LogP contribution < -0.4 is 4.74 Å². The van der Waals surface area contributed by atoms with Gasteiger partial charge in [-0.3, -0.25) is 4.57 Å². The number of halogens is 2. The van der Waals surface area contributed by atoms with Crippen molar-refractivity contribution in [3.63, 3.8) is 0 Å². The van der Waals surface area contributed by atoms with Gasteiger partial charge in [-0.25, -0.2) is 4.98 Å². The fourth-order valence-electron chi connectivity index (χ4n) is 2.92. The highest BCUT2D eigenvalue weighted by atomic mass is 35.5. The maximum absolute atomic E-state index is 6.19. The highest BCUT2D eigenvalue weighted by Gasteiger charge is 2.14. The van der Waals surface area contributed by atoms with E-state index in [1.54, 1.807) is 41.3 Å². The molecule has 2 heterocycles. The van der Waals surface area contributed by atoms with Crippen molar-refractivity contribution in [2.75, 3.05) is 0 Å². The van der Waals surface area contributed by atoms with Crippen molar-refractivity contribution in [1.29, 1.82) is 0 Å². The van der Waals surface area contributed by atoms with Gasteiger partial charge in [-0.05, 0) is 25.1 Å². The second-order valence-corrected chi connectivity index (χ2v) is 9.60. The second kappa shape index (κ2) is 10.5. The van der Waals surface area contributed by atoms with Crippen LogP contribution in [0.25, 0.3) is 10.6 Å². The largest absolute Gasteiger partial charge is 0.484 e. The molecule has 4 aromatic rings. The van der Waals surface area contributed by atoms with Crippen LogP contribution in [-0.4, -0.2) is 19.7 Å². The Hall–Kier alpha value is -2.32. The zero-order valence-corrected chi connectivity index (χ0v) is 20.4. The Balaban J connectivity index is 1.43. The van der Waals surface area contributed by atoms with Crippen LogP contribution >= 0.6 is 46.3 Å². The number of hydrogen-bond donors (Lipinski definition) is 0. The Bertz CT molecular complexity index is 1220. The Morgan fingerprint density at radius 2 is 1.97 bits per heavy atom. The fraction of sp³-hybridized carbons (Fsp3) is 0.174. The van der Waals surface area contributed by atoms with E-state index in [-0.39, 0.29) is 6.61 Å². The average molecular weight is 503 g/mol. The summed E-state index contributed by atoms with van der Waals surface area (Å²) in [7, 11) is 0. The summed E-state index contributed by atoms with van der Waals surface area (Å²) in [5.41, 5.74) is 3.38. The molecule has 9 heteroatoms. The van der Waals surface area contributed by atoms with Gasteiger partial charge in [0.2, 0.25) is 0 Å². The number of benzene rings is 2. The van der Waals surface area contributed by atoms with Crippen molar-refractivity contribution in [1.82, 2.24) is 19.7 Å². The standard InChI is InChI=1S/C23H20Cl2N4OS2/c1-3-10-29-21(12-30-20-9-8-17(24)11-19(20)25)27-28-23(29)32-14-18-13-31-22(26-18)16-6-4-15(2)5-7-16/h3-9,11,13H,1,10,12,14H2,2H3. The van der Waals surface area contributed by atoms with Crippen LogP contribution in [-0.2, 0) is 18.9 Å². The van der Waals surface area contributed by atoms with Gasteiger partial charge in [-0.15, -0.1) is 28.1 Å². The van der Waals surface area contributed by atoms with Crippen LogP contribution in [0.1, 0.15) is 17.1 Å². The zero-order valence-electron chi connectivity index (χ0n) is 17.3. The van der Waals surface area contributed by atoms with Gasteiger partial charge in [-0.2, -0.15) is 0 Å². The Kier molecular flexibility index (Phi) is 7.52. The molecule has 2 aromatic heterocycles. The summed E-state index contributed by atoms with van der Waals surface area (Å²) in [5.74, 6) is 1.93. The number of aromatic nitrogens is 4. The molecule has 0 unspecified atom stereocenters. The number of thioether (sulfide) groups is 1. The van der Waals surface area contributed by atoms with E-state index in [1.807, 2.05) is 10.6 Å². The van der Waals surface area contributed by atoms with E-state index >= 15 is 0 Å². The Morgan fingerprint density at radius 1 is 1.16 bits per heavy atom. The molecule has 0 aliphatic rings. The van der Waals surface area contributed by atoms with E-state index < -0.39 is 0 Å². The SMILES string of the molecule is C=CCn1c(COc2ccc(Cl)cc2Cl)nnc1SCc1csc(-c2ccc(C)cc2)n1. The molecule has 32 heavy (non-hydrogen) atoms. The van der Waals surface area contributed by atoms with Gasteiger partial charge in [0.15, 0.2) is 11.0 Å². The van der Waals surface area contributed by atoms with Gasteiger partial charge >= 0.3 is 0 Å². The summed E-state index contributed by atoms with van der Waals surface area (Å²) in [6.07, 6.45) is 1.81. The van der Waals surface area contributed by atoms with Crippen molar-refractivity contribution in [3.8, 4) is 16.3 Å². The highest BCUT2D eigenvalue weighted by Crippen LogP contribution is 2.30. The van der Waals surface area contributed by atoms with E-state index in [0.717, 1.165) is 21.4 Å². The quantitative estimate of drug-likeness (QED) is 0.181. The summed E-state index contributed by atoms with van der Waals surface area (Å²) in [6, 6.07) is 13.5. The van der Waals surface area contributed by atoms with E-state index in [1.165, 1.54) is 5.56 Å². The van der Waals surface area contributed by atoms with Crippen LogP contribution in [0.2, 0.25) is 10.0 Å². The molecule has 0 atom stereocenters. The molecule has 0 aliphatic heterocycles. The number of aryl methyl sites for hydroxylation is 1. The first-order valence-corrected chi connectivity index (χ1v) is 12.4. The molecule has 4 rings (SSSR count). The van der Waals surface area contributed by atoms with E-state index in [2.05, 4.69) is 53.3 Å². The zero-order chi connectivity index (χ0) is 22.5. The molecule has 0 saturated heterocycles. The Labute approximate surface area is 205 Å². The third kappa shape index (κ3) is 5.53. The predicted molar refractivity (Wildman–Crippen MR) is 133 cm³/mol. The van der Waals surface area contributed by atoms with E-state index in [4.69, 9.17) is 32.9 Å². The summed E-state index contributed by atoms with van der Waals surface area (Å²) in [6.45, 7) is 6.74. The normalized spacial score (nSPS) is 11.0. The molecule has 0 N–H and O–H groups in total. The average Bonchev–Trinajstić information content (AvgIpc) is 3.40. The van der Waals surface area contributed by atoms with Crippen LogP contribution in [0.3, 0.4) is 0 Å². The summed E-state index contributed by atoms with van der Waals surface area (Å²) < 4.78 is 7.81. The molecule has 0 saturated carbocycles. The van der Waals surface area contributed by atoms with Crippen molar-refractivity contribution < 1.29 is 4.74 Å². The first kappa shape index (κ1) is 22.9. The third-order valence-corrected chi connectivity index (χ3v) is 7.03. The maximum atomic E-state index is 6.19. The molecule has 5 nitrogen and oxygen atoms in total. The van der Waals surface area contributed by atoms with Crippen molar-refractivity contribution >= 4 is 46.3 Å². The molecule has 2 aromatic carbocycles. The summed E-state index contributed by atoms with van der Waals surface area (Å²) in [4.78, 5) is 4.77. The highest BCUT2D eigenvalue weighted by molar-refractivity contribution is 7.98. The smallest absolute Gasteiger partial charge is 0.191 e. The monoisotopic (exact) mass is 502 g/mol. The minimum absolute atomic E-state index is 0.233. The lowest BCUT2D eigenvalue weighted by Crippen LogP contribution is -2.07. The first-order valence-electron chi connectivity index (χ1n) is 9.78. The van der Waals surface area contributed by atoms with Gasteiger partial charge in [0.25, 0.3) is 0 Å². The fourth-order valence-corrected chi connectivity index (χ4v) is 5.17. The molecule has 0 amide bonds. The number of hydrogen-bond acceptors (Lipinski definition) is 6. The molecule has 164 valence electrons. The first-order chi connectivity index (χ1) is 15.5. The summed E-state index contributed by atoms with van der Waals surface area (Å²) in [5, 5.41) is 13.5. The summed E-state index contributed by atoms with van der Waals surface area (Å²) >= 11 is 15.4. The van der Waals surface area contributed by atoms with Crippen molar-refractivity contribution in [3.05, 3.63) is 87.6 Å². The lowest BCUT2D eigenvalue weighted by molar-refractivity contribution is 0.289. The van der Waals surface area contributed by atoms with Gasteiger partial charge < -0.3 is 4.74 Å². The lowest BCUT2D eigenvalue weighted by atomic mass is 10.2. The molecular weight excluding hydrogens is 483 g/mol. The van der Waals surface area contributed by atoms with E-state index in [9.17, 15) is 0 Å². The number of allylic oxidation sites excluding steroid dienone is 1. The van der Waals surface area contributed by atoms with Crippen LogP contribution in [0, 0.1) is 6.92 Å². The minimum atomic E-state index is 0.233. The topological polar surface area (TPSA) is 52.8 Å². The molecule has 0 radical (unpaired) electrons. The molecule has 0 fully saturated rings.